The minimum atomic E-state index is 0.199. The molecule has 0 spiro atoms. The zero-order valence-electron chi connectivity index (χ0n) is 15.4. The maximum Gasteiger partial charge on any atom is 0.131 e. The Morgan fingerprint density at radius 3 is 2.88 bits per heavy atom. The van der Waals surface area contributed by atoms with E-state index in [1.165, 1.54) is 0 Å². The van der Waals surface area contributed by atoms with Crippen molar-refractivity contribution < 1.29 is 4.74 Å². The molecule has 1 fully saturated rings. The van der Waals surface area contributed by atoms with E-state index in [1.54, 1.807) is 4.68 Å². The van der Waals surface area contributed by atoms with Crippen molar-refractivity contribution in [2.24, 2.45) is 7.05 Å². The molecule has 0 amide bonds. The quantitative estimate of drug-likeness (QED) is 0.789. The van der Waals surface area contributed by atoms with Gasteiger partial charge in [0, 0.05) is 51.1 Å². The summed E-state index contributed by atoms with van der Waals surface area (Å²) in [6.07, 6.45) is 3.03. The van der Waals surface area contributed by atoms with E-state index in [0.717, 1.165) is 60.5 Å². The molecule has 1 aliphatic heterocycles. The molecule has 1 saturated heterocycles. The van der Waals surface area contributed by atoms with Crippen LogP contribution in [0.25, 0.3) is 0 Å². The van der Waals surface area contributed by atoms with E-state index >= 15 is 0 Å². The molecule has 0 aromatic carbocycles. The predicted molar refractivity (Wildman–Crippen MR) is 98.9 cm³/mol. The summed E-state index contributed by atoms with van der Waals surface area (Å²) in [5.74, 6) is 0.897. The van der Waals surface area contributed by atoms with Gasteiger partial charge in [0.15, 0.2) is 0 Å². The first-order valence-corrected chi connectivity index (χ1v) is 8.97. The highest BCUT2D eigenvalue weighted by Crippen LogP contribution is 2.24. The van der Waals surface area contributed by atoms with Crippen molar-refractivity contribution in [1.82, 2.24) is 24.6 Å². The van der Waals surface area contributed by atoms with Crippen LogP contribution >= 0.6 is 11.6 Å². The smallest absolute Gasteiger partial charge is 0.131 e. The summed E-state index contributed by atoms with van der Waals surface area (Å²) in [6.45, 7) is 5.54. The molecule has 1 unspecified atom stereocenters. The van der Waals surface area contributed by atoms with Gasteiger partial charge in [0.05, 0.1) is 11.4 Å². The second-order valence-corrected chi connectivity index (χ2v) is 7.32. The van der Waals surface area contributed by atoms with Crippen molar-refractivity contribution in [3.05, 3.63) is 40.4 Å². The van der Waals surface area contributed by atoms with Crippen molar-refractivity contribution >= 4 is 11.6 Å². The Labute approximate surface area is 154 Å². The molecule has 0 N–H and O–H groups in total. The number of pyridine rings is 1. The molecule has 0 bridgehead atoms. The van der Waals surface area contributed by atoms with Gasteiger partial charge in [0.25, 0.3) is 0 Å². The molecule has 3 heterocycles. The fourth-order valence-electron chi connectivity index (χ4n) is 3.25. The lowest BCUT2D eigenvalue weighted by Crippen LogP contribution is -2.25. The lowest BCUT2D eigenvalue weighted by Gasteiger charge is -2.17. The largest absolute Gasteiger partial charge is 0.489 e. The number of nitrogens with zero attached hydrogens (tertiary/aromatic N) is 5. The highest BCUT2D eigenvalue weighted by molar-refractivity contribution is 6.30. The number of hydrogen-bond acceptors (Lipinski definition) is 5. The Hall–Kier alpha value is -1.63. The number of rotatable bonds is 6. The van der Waals surface area contributed by atoms with E-state index in [4.69, 9.17) is 16.3 Å². The lowest BCUT2D eigenvalue weighted by atomic mass is 10.2. The van der Waals surface area contributed by atoms with Crippen LogP contribution in [0.3, 0.4) is 0 Å². The molecular weight excluding hydrogens is 338 g/mol. The van der Waals surface area contributed by atoms with Crippen LogP contribution in [0.2, 0.25) is 5.15 Å². The normalized spacial score (nSPS) is 18.2. The maximum atomic E-state index is 6.35. The second-order valence-electron chi connectivity index (χ2n) is 6.96. The van der Waals surface area contributed by atoms with Crippen molar-refractivity contribution in [3.8, 4) is 5.75 Å². The van der Waals surface area contributed by atoms with Crippen LogP contribution < -0.4 is 4.74 Å². The van der Waals surface area contributed by atoms with E-state index in [2.05, 4.69) is 19.9 Å². The average molecular weight is 364 g/mol. The SMILES string of the molecule is Cc1nn(C)c(Cl)c1CN1CCC(Oc2ccnc(CN(C)C)c2)C1. The summed E-state index contributed by atoms with van der Waals surface area (Å²) >= 11 is 6.35. The van der Waals surface area contributed by atoms with Crippen LogP contribution in [0.5, 0.6) is 5.75 Å². The Kier molecular flexibility index (Phi) is 5.61. The van der Waals surface area contributed by atoms with Crippen LogP contribution in [-0.4, -0.2) is 57.9 Å². The number of ether oxygens (including phenoxy) is 1. The summed E-state index contributed by atoms with van der Waals surface area (Å²) in [5.41, 5.74) is 3.14. The molecule has 0 aliphatic carbocycles. The van der Waals surface area contributed by atoms with Gasteiger partial charge in [-0.25, -0.2) is 0 Å². The lowest BCUT2D eigenvalue weighted by molar-refractivity contribution is 0.198. The van der Waals surface area contributed by atoms with Crippen LogP contribution in [0.15, 0.2) is 18.3 Å². The zero-order valence-corrected chi connectivity index (χ0v) is 16.1. The topological polar surface area (TPSA) is 46.4 Å². The third-order valence-corrected chi connectivity index (χ3v) is 4.92. The molecule has 2 aromatic heterocycles. The fourth-order valence-corrected chi connectivity index (χ4v) is 3.48. The molecule has 136 valence electrons. The fraction of sp³-hybridized carbons (Fsp3) is 0.556. The number of hydrogen-bond donors (Lipinski definition) is 0. The van der Waals surface area contributed by atoms with Gasteiger partial charge in [0.1, 0.15) is 17.0 Å². The zero-order chi connectivity index (χ0) is 18.0. The van der Waals surface area contributed by atoms with Gasteiger partial charge in [-0.1, -0.05) is 11.6 Å². The third kappa shape index (κ3) is 4.51. The Balaban J connectivity index is 1.58. The molecular formula is C18H26ClN5O. The molecule has 3 rings (SSSR count). The minimum Gasteiger partial charge on any atom is -0.489 e. The van der Waals surface area contributed by atoms with Crippen LogP contribution in [0, 0.1) is 6.92 Å². The maximum absolute atomic E-state index is 6.35. The first-order valence-electron chi connectivity index (χ1n) is 8.59. The van der Waals surface area contributed by atoms with E-state index in [9.17, 15) is 0 Å². The van der Waals surface area contributed by atoms with Gasteiger partial charge in [0.2, 0.25) is 0 Å². The Morgan fingerprint density at radius 2 is 2.20 bits per heavy atom. The van der Waals surface area contributed by atoms with Gasteiger partial charge >= 0.3 is 0 Å². The summed E-state index contributed by atoms with van der Waals surface area (Å²) in [6, 6.07) is 3.97. The summed E-state index contributed by atoms with van der Waals surface area (Å²) < 4.78 is 7.91. The van der Waals surface area contributed by atoms with E-state index in [1.807, 2.05) is 46.4 Å². The first kappa shape index (κ1) is 18.2. The summed E-state index contributed by atoms with van der Waals surface area (Å²) in [5, 5.41) is 5.11. The van der Waals surface area contributed by atoms with Gasteiger partial charge in [-0.3, -0.25) is 14.6 Å². The van der Waals surface area contributed by atoms with Crippen molar-refractivity contribution in [3.63, 3.8) is 0 Å². The number of likely N-dealkylation sites (tertiary alicyclic amines) is 1. The van der Waals surface area contributed by atoms with Gasteiger partial charge in [-0.2, -0.15) is 5.10 Å². The third-order valence-electron chi connectivity index (χ3n) is 4.45. The van der Waals surface area contributed by atoms with Crippen LogP contribution in [0.1, 0.15) is 23.4 Å². The molecule has 7 heteroatoms. The van der Waals surface area contributed by atoms with Crippen molar-refractivity contribution in [2.45, 2.75) is 32.5 Å². The van der Waals surface area contributed by atoms with E-state index < -0.39 is 0 Å². The summed E-state index contributed by atoms with van der Waals surface area (Å²) in [4.78, 5) is 8.87. The number of halogens is 1. The molecule has 0 radical (unpaired) electrons. The Morgan fingerprint density at radius 1 is 1.40 bits per heavy atom. The van der Waals surface area contributed by atoms with Crippen molar-refractivity contribution in [1.29, 1.82) is 0 Å². The van der Waals surface area contributed by atoms with Crippen molar-refractivity contribution in [2.75, 3.05) is 27.2 Å². The highest BCUT2D eigenvalue weighted by Gasteiger charge is 2.26. The van der Waals surface area contributed by atoms with Gasteiger partial charge in [-0.05, 0) is 33.5 Å². The standard InChI is InChI=1S/C18H26ClN5O/c1-13-17(18(19)23(4)21-13)12-24-8-6-16(11-24)25-15-5-7-20-14(9-15)10-22(2)3/h5,7,9,16H,6,8,10-12H2,1-4H3. The highest BCUT2D eigenvalue weighted by atomic mass is 35.5. The molecule has 1 aliphatic rings. The number of aryl methyl sites for hydroxylation is 2. The average Bonchev–Trinajstić information content (AvgIpc) is 3.07. The molecule has 0 saturated carbocycles. The minimum absolute atomic E-state index is 0.199. The van der Waals surface area contributed by atoms with Crippen LogP contribution in [0.4, 0.5) is 0 Å². The van der Waals surface area contributed by atoms with Gasteiger partial charge in [-0.15, -0.1) is 0 Å². The second kappa shape index (κ2) is 7.72. The molecule has 1 atom stereocenters. The summed E-state index contributed by atoms with van der Waals surface area (Å²) in [7, 11) is 5.95. The first-order chi connectivity index (χ1) is 11.9. The van der Waals surface area contributed by atoms with Crippen LogP contribution in [-0.2, 0) is 20.1 Å². The van der Waals surface area contributed by atoms with E-state index in [-0.39, 0.29) is 6.10 Å². The number of aromatic nitrogens is 3. The van der Waals surface area contributed by atoms with Gasteiger partial charge < -0.3 is 9.64 Å². The Bertz CT molecular complexity index is 730. The molecule has 25 heavy (non-hydrogen) atoms. The molecule has 6 nitrogen and oxygen atoms in total. The van der Waals surface area contributed by atoms with E-state index in [0.29, 0.717) is 0 Å². The monoisotopic (exact) mass is 363 g/mol. The molecule has 2 aromatic rings. The predicted octanol–water partition coefficient (Wildman–Crippen LogP) is 2.49.